The maximum Gasteiger partial charge on any atom is 0.256 e. The maximum absolute atomic E-state index is 11.9. The Morgan fingerprint density at radius 3 is 2.70 bits per heavy atom. The van der Waals surface area contributed by atoms with E-state index in [4.69, 9.17) is 11.6 Å². The molecule has 5 heteroatoms. The topological polar surface area (TPSA) is 45.2 Å². The number of anilines is 1. The van der Waals surface area contributed by atoms with Gasteiger partial charge in [0.15, 0.2) is 0 Å². The molecule has 0 bridgehead atoms. The van der Waals surface area contributed by atoms with Crippen LogP contribution < -0.4 is 5.32 Å². The molecule has 1 heterocycles. The van der Waals surface area contributed by atoms with Crippen LogP contribution in [-0.4, -0.2) is 36.4 Å². The predicted octanol–water partition coefficient (Wildman–Crippen LogP) is 4.46. The molecule has 2 rings (SSSR count). The Morgan fingerprint density at radius 2 is 2.13 bits per heavy atom. The number of hydrogen-bond donors (Lipinski definition) is 1. The molecule has 0 aliphatic heterocycles. The average molecular weight is 338 g/mol. The van der Waals surface area contributed by atoms with Crippen LogP contribution in [0.25, 0.3) is 0 Å². The molecule has 1 aromatic heterocycles. The summed E-state index contributed by atoms with van der Waals surface area (Å²) in [7, 11) is 3.41. The highest BCUT2D eigenvalue weighted by Crippen LogP contribution is 2.49. The van der Waals surface area contributed by atoms with Crippen LogP contribution in [0, 0.1) is 11.3 Å². The van der Waals surface area contributed by atoms with E-state index in [-0.39, 0.29) is 11.1 Å². The van der Waals surface area contributed by atoms with Gasteiger partial charge in [0.2, 0.25) is 0 Å². The fraction of sp³-hybridized carbons (Fsp3) is 0.667. The van der Waals surface area contributed by atoms with Crippen molar-refractivity contribution in [3.63, 3.8) is 0 Å². The number of halogens is 1. The van der Waals surface area contributed by atoms with Crippen LogP contribution >= 0.6 is 11.6 Å². The first-order valence-electron chi connectivity index (χ1n) is 8.47. The first kappa shape index (κ1) is 18.1. The van der Waals surface area contributed by atoms with Crippen molar-refractivity contribution in [2.24, 2.45) is 11.3 Å². The van der Waals surface area contributed by atoms with E-state index >= 15 is 0 Å². The molecule has 1 aliphatic carbocycles. The molecule has 23 heavy (non-hydrogen) atoms. The second-order valence-corrected chi connectivity index (χ2v) is 7.64. The van der Waals surface area contributed by atoms with Gasteiger partial charge in [0, 0.05) is 20.6 Å². The smallest absolute Gasteiger partial charge is 0.256 e. The lowest BCUT2D eigenvalue weighted by Gasteiger charge is -2.45. The molecule has 128 valence electrons. The molecule has 1 aromatic rings. The maximum atomic E-state index is 11.9. The van der Waals surface area contributed by atoms with Gasteiger partial charge < -0.3 is 10.2 Å². The van der Waals surface area contributed by atoms with Gasteiger partial charge in [-0.2, -0.15) is 0 Å². The molecule has 1 aliphatic rings. The summed E-state index contributed by atoms with van der Waals surface area (Å²) in [5.41, 5.74) is 1.02. The standard InChI is InChI=1S/C18H28ClN3O/c1-5-9-18(2)11-13(12-18)8-10-20-15-7-6-14(16(19)21-15)17(23)22(3)4/h6-7,13H,5,8-12H2,1-4H3,(H,20,21). The molecule has 0 saturated heterocycles. The number of nitrogens with zero attached hydrogens (tertiary/aromatic N) is 2. The van der Waals surface area contributed by atoms with Crippen molar-refractivity contribution in [3.05, 3.63) is 22.8 Å². The number of aromatic nitrogens is 1. The molecular weight excluding hydrogens is 310 g/mol. The molecule has 0 spiro atoms. The minimum atomic E-state index is -0.126. The molecule has 4 nitrogen and oxygen atoms in total. The average Bonchev–Trinajstić information content (AvgIpc) is 2.45. The molecule has 1 fully saturated rings. The zero-order valence-electron chi connectivity index (χ0n) is 14.7. The van der Waals surface area contributed by atoms with Crippen LogP contribution in [0.15, 0.2) is 12.1 Å². The Morgan fingerprint density at radius 1 is 1.43 bits per heavy atom. The van der Waals surface area contributed by atoms with Crippen molar-refractivity contribution >= 4 is 23.3 Å². The van der Waals surface area contributed by atoms with Gasteiger partial charge in [-0.05, 0) is 49.1 Å². The summed E-state index contributed by atoms with van der Waals surface area (Å²) < 4.78 is 0. The van der Waals surface area contributed by atoms with Crippen LogP contribution in [0.5, 0.6) is 0 Å². The van der Waals surface area contributed by atoms with Crippen molar-refractivity contribution in [2.75, 3.05) is 26.0 Å². The van der Waals surface area contributed by atoms with E-state index < -0.39 is 0 Å². The van der Waals surface area contributed by atoms with Gasteiger partial charge in [0.25, 0.3) is 5.91 Å². The predicted molar refractivity (Wildman–Crippen MR) is 96.1 cm³/mol. The summed E-state index contributed by atoms with van der Waals surface area (Å²) in [6.45, 7) is 5.57. The van der Waals surface area contributed by atoms with E-state index in [1.165, 1.54) is 30.6 Å². The molecule has 1 saturated carbocycles. The van der Waals surface area contributed by atoms with Gasteiger partial charge in [-0.25, -0.2) is 4.98 Å². The fourth-order valence-electron chi connectivity index (χ4n) is 3.68. The van der Waals surface area contributed by atoms with Crippen molar-refractivity contribution in [2.45, 2.75) is 46.0 Å². The Hall–Kier alpha value is -1.29. The zero-order valence-corrected chi connectivity index (χ0v) is 15.4. The quantitative estimate of drug-likeness (QED) is 0.747. The third-order valence-corrected chi connectivity index (χ3v) is 5.05. The summed E-state index contributed by atoms with van der Waals surface area (Å²) >= 11 is 6.12. The minimum Gasteiger partial charge on any atom is -0.370 e. The number of nitrogens with one attached hydrogen (secondary N) is 1. The Balaban J connectivity index is 1.79. The SMILES string of the molecule is CCCC1(C)CC(CCNc2ccc(C(=O)N(C)C)c(Cl)n2)C1. The third-order valence-electron chi connectivity index (χ3n) is 4.76. The highest BCUT2D eigenvalue weighted by molar-refractivity contribution is 6.32. The molecule has 0 radical (unpaired) electrons. The molecule has 1 N–H and O–H groups in total. The highest BCUT2D eigenvalue weighted by atomic mass is 35.5. The summed E-state index contributed by atoms with van der Waals surface area (Å²) in [5.74, 6) is 1.43. The highest BCUT2D eigenvalue weighted by Gasteiger charge is 2.38. The lowest BCUT2D eigenvalue weighted by Crippen LogP contribution is -2.35. The lowest BCUT2D eigenvalue weighted by atomic mass is 9.60. The zero-order chi connectivity index (χ0) is 17.0. The normalized spacial score (nSPS) is 23.3. The van der Waals surface area contributed by atoms with Gasteiger partial charge >= 0.3 is 0 Å². The number of rotatable bonds is 7. The van der Waals surface area contributed by atoms with Crippen molar-refractivity contribution in [1.82, 2.24) is 9.88 Å². The molecule has 0 unspecified atom stereocenters. The van der Waals surface area contributed by atoms with Gasteiger partial charge in [-0.1, -0.05) is 31.9 Å². The van der Waals surface area contributed by atoms with Crippen LogP contribution in [-0.2, 0) is 0 Å². The Kier molecular flexibility index (Phi) is 5.90. The summed E-state index contributed by atoms with van der Waals surface area (Å²) in [4.78, 5) is 17.7. The monoisotopic (exact) mass is 337 g/mol. The second kappa shape index (κ2) is 7.52. The molecule has 1 amide bonds. The number of hydrogen-bond acceptors (Lipinski definition) is 3. The fourth-order valence-corrected chi connectivity index (χ4v) is 3.92. The van der Waals surface area contributed by atoms with E-state index in [0.717, 1.165) is 24.7 Å². The minimum absolute atomic E-state index is 0.126. The van der Waals surface area contributed by atoms with Crippen LogP contribution in [0.3, 0.4) is 0 Å². The van der Waals surface area contributed by atoms with E-state index in [1.54, 1.807) is 20.2 Å². The van der Waals surface area contributed by atoms with Gasteiger partial charge in [-0.15, -0.1) is 0 Å². The van der Waals surface area contributed by atoms with Crippen molar-refractivity contribution < 1.29 is 4.79 Å². The number of pyridine rings is 1. The van der Waals surface area contributed by atoms with Crippen molar-refractivity contribution in [1.29, 1.82) is 0 Å². The van der Waals surface area contributed by atoms with E-state index in [9.17, 15) is 4.79 Å². The van der Waals surface area contributed by atoms with E-state index in [0.29, 0.717) is 11.0 Å². The largest absolute Gasteiger partial charge is 0.370 e. The van der Waals surface area contributed by atoms with E-state index in [1.807, 2.05) is 6.07 Å². The van der Waals surface area contributed by atoms with Crippen LogP contribution in [0.1, 0.15) is 56.3 Å². The van der Waals surface area contributed by atoms with Gasteiger partial charge in [0.1, 0.15) is 11.0 Å². The first-order valence-corrected chi connectivity index (χ1v) is 8.84. The Labute approximate surface area is 144 Å². The summed E-state index contributed by atoms with van der Waals surface area (Å²) in [5, 5.41) is 3.58. The van der Waals surface area contributed by atoms with Crippen LogP contribution in [0.2, 0.25) is 5.15 Å². The van der Waals surface area contributed by atoms with Crippen molar-refractivity contribution in [3.8, 4) is 0 Å². The first-order chi connectivity index (χ1) is 10.8. The molecular formula is C18H28ClN3O. The Bertz CT molecular complexity index is 553. The summed E-state index contributed by atoms with van der Waals surface area (Å²) in [6.07, 6.45) is 6.47. The third kappa shape index (κ3) is 4.60. The lowest BCUT2D eigenvalue weighted by molar-refractivity contribution is 0.0611. The van der Waals surface area contributed by atoms with Gasteiger partial charge in [-0.3, -0.25) is 4.79 Å². The summed E-state index contributed by atoms with van der Waals surface area (Å²) in [6, 6.07) is 3.56. The second-order valence-electron chi connectivity index (χ2n) is 7.28. The molecule has 0 atom stereocenters. The van der Waals surface area contributed by atoms with Gasteiger partial charge in [0.05, 0.1) is 5.56 Å². The number of carbonyl (C=O) groups excluding carboxylic acids is 1. The number of carbonyl (C=O) groups is 1. The number of amides is 1. The molecule has 0 aromatic carbocycles. The van der Waals surface area contributed by atoms with Crippen LogP contribution in [0.4, 0.5) is 5.82 Å². The van der Waals surface area contributed by atoms with E-state index in [2.05, 4.69) is 24.1 Å².